The van der Waals surface area contributed by atoms with Crippen LogP contribution < -0.4 is 4.74 Å². The third-order valence-corrected chi connectivity index (χ3v) is 3.06. The van der Waals surface area contributed by atoms with E-state index in [2.05, 4.69) is 4.74 Å². The highest BCUT2D eigenvalue weighted by Gasteiger charge is 2.32. The van der Waals surface area contributed by atoms with Crippen molar-refractivity contribution in [2.24, 2.45) is 0 Å². The summed E-state index contributed by atoms with van der Waals surface area (Å²) in [5, 5.41) is 0. The van der Waals surface area contributed by atoms with Crippen LogP contribution in [0.4, 0.5) is 13.2 Å². The van der Waals surface area contributed by atoms with E-state index >= 15 is 0 Å². The SMILES string of the molecule is CCc1cccc(-c2cccc(OC(F)(F)F)c2C=O)c1. The molecule has 0 unspecified atom stereocenters. The molecule has 2 nitrogen and oxygen atoms in total. The summed E-state index contributed by atoms with van der Waals surface area (Å²) in [5.41, 5.74) is 2.03. The number of alkyl halides is 3. The van der Waals surface area contributed by atoms with Crippen LogP contribution in [0.25, 0.3) is 11.1 Å². The van der Waals surface area contributed by atoms with Crippen molar-refractivity contribution in [3.05, 3.63) is 53.6 Å². The molecule has 0 saturated carbocycles. The van der Waals surface area contributed by atoms with Crippen LogP contribution in [-0.4, -0.2) is 12.6 Å². The van der Waals surface area contributed by atoms with Gasteiger partial charge in [0.25, 0.3) is 0 Å². The van der Waals surface area contributed by atoms with Crippen LogP contribution in [-0.2, 0) is 6.42 Å². The van der Waals surface area contributed by atoms with Crippen molar-refractivity contribution in [3.8, 4) is 16.9 Å². The first kappa shape index (κ1) is 15.1. The lowest BCUT2D eigenvalue weighted by Crippen LogP contribution is -2.18. The molecule has 2 rings (SSSR count). The fourth-order valence-electron chi connectivity index (χ4n) is 2.09. The molecule has 2 aromatic rings. The summed E-state index contributed by atoms with van der Waals surface area (Å²) in [7, 11) is 0. The van der Waals surface area contributed by atoms with Gasteiger partial charge < -0.3 is 4.74 Å². The molecule has 0 spiro atoms. The van der Waals surface area contributed by atoms with Crippen molar-refractivity contribution < 1.29 is 22.7 Å². The second-order valence-corrected chi connectivity index (χ2v) is 4.44. The Morgan fingerprint density at radius 2 is 1.86 bits per heavy atom. The molecule has 0 aliphatic heterocycles. The summed E-state index contributed by atoms with van der Waals surface area (Å²) in [5.74, 6) is -0.489. The average Bonchev–Trinajstić information content (AvgIpc) is 2.45. The number of hydrogen-bond donors (Lipinski definition) is 0. The van der Waals surface area contributed by atoms with E-state index in [0.29, 0.717) is 17.4 Å². The lowest BCUT2D eigenvalue weighted by atomic mass is 9.97. The molecular formula is C16H13F3O2. The summed E-state index contributed by atoms with van der Waals surface area (Å²) >= 11 is 0. The number of ether oxygens (including phenoxy) is 1. The lowest BCUT2D eigenvalue weighted by Gasteiger charge is -2.14. The first-order valence-electron chi connectivity index (χ1n) is 6.38. The van der Waals surface area contributed by atoms with E-state index < -0.39 is 12.1 Å². The Balaban J connectivity index is 2.53. The summed E-state index contributed by atoms with van der Waals surface area (Å²) in [4.78, 5) is 11.2. The van der Waals surface area contributed by atoms with Crippen LogP contribution >= 0.6 is 0 Å². The quantitative estimate of drug-likeness (QED) is 0.769. The highest BCUT2D eigenvalue weighted by molar-refractivity contribution is 5.91. The van der Waals surface area contributed by atoms with Gasteiger partial charge in [0.2, 0.25) is 0 Å². The van der Waals surface area contributed by atoms with Gasteiger partial charge in [-0.15, -0.1) is 13.2 Å². The molecule has 110 valence electrons. The van der Waals surface area contributed by atoms with Crippen LogP contribution in [0.15, 0.2) is 42.5 Å². The molecule has 0 amide bonds. The van der Waals surface area contributed by atoms with Gasteiger partial charge >= 0.3 is 6.36 Å². The summed E-state index contributed by atoms with van der Waals surface area (Å²) in [6, 6.07) is 11.5. The van der Waals surface area contributed by atoms with Crippen molar-refractivity contribution in [2.45, 2.75) is 19.7 Å². The maximum absolute atomic E-state index is 12.4. The third kappa shape index (κ3) is 3.62. The summed E-state index contributed by atoms with van der Waals surface area (Å²) in [6.45, 7) is 1.98. The normalized spacial score (nSPS) is 11.2. The molecule has 0 bridgehead atoms. The second-order valence-electron chi connectivity index (χ2n) is 4.44. The number of aldehydes is 1. The predicted octanol–water partition coefficient (Wildman–Crippen LogP) is 4.63. The minimum Gasteiger partial charge on any atom is -0.405 e. The average molecular weight is 294 g/mol. The molecule has 0 aromatic heterocycles. The molecule has 0 N–H and O–H groups in total. The highest BCUT2D eigenvalue weighted by Crippen LogP contribution is 2.33. The molecule has 0 fully saturated rings. The number of rotatable bonds is 4. The molecule has 0 heterocycles. The standard InChI is InChI=1S/C16H13F3O2/c1-2-11-5-3-6-12(9-11)13-7-4-8-15(14(13)10-20)21-16(17,18)19/h3-10H,2H2,1H3. The fraction of sp³-hybridized carbons (Fsp3) is 0.188. The van der Waals surface area contributed by atoms with E-state index in [0.717, 1.165) is 18.1 Å². The molecule has 0 aliphatic rings. The van der Waals surface area contributed by atoms with Crippen molar-refractivity contribution in [1.29, 1.82) is 0 Å². The van der Waals surface area contributed by atoms with E-state index in [1.54, 1.807) is 18.2 Å². The molecule has 21 heavy (non-hydrogen) atoms. The second kappa shape index (κ2) is 5.99. The van der Waals surface area contributed by atoms with Crippen LogP contribution in [0.5, 0.6) is 5.75 Å². The predicted molar refractivity (Wildman–Crippen MR) is 73.3 cm³/mol. The largest absolute Gasteiger partial charge is 0.573 e. The van der Waals surface area contributed by atoms with Gasteiger partial charge in [0.1, 0.15) is 5.75 Å². The molecular weight excluding hydrogens is 281 g/mol. The Morgan fingerprint density at radius 3 is 2.48 bits per heavy atom. The van der Waals surface area contributed by atoms with Crippen LogP contribution in [0.1, 0.15) is 22.8 Å². The van der Waals surface area contributed by atoms with Gasteiger partial charge in [-0.25, -0.2) is 0 Å². The highest BCUT2D eigenvalue weighted by atomic mass is 19.4. The van der Waals surface area contributed by atoms with Gasteiger partial charge in [-0.05, 0) is 29.2 Å². The van der Waals surface area contributed by atoms with Crippen LogP contribution in [0.2, 0.25) is 0 Å². The number of carbonyl (C=O) groups is 1. The van der Waals surface area contributed by atoms with E-state index in [4.69, 9.17) is 0 Å². The maximum Gasteiger partial charge on any atom is 0.573 e. The minimum atomic E-state index is -4.83. The van der Waals surface area contributed by atoms with Crippen molar-refractivity contribution in [1.82, 2.24) is 0 Å². The van der Waals surface area contributed by atoms with Crippen LogP contribution in [0.3, 0.4) is 0 Å². The van der Waals surface area contributed by atoms with Gasteiger partial charge in [-0.2, -0.15) is 0 Å². The van der Waals surface area contributed by atoms with Gasteiger partial charge in [0, 0.05) is 0 Å². The Morgan fingerprint density at radius 1 is 1.14 bits per heavy atom. The molecule has 2 aromatic carbocycles. The molecule has 5 heteroatoms. The fourth-order valence-corrected chi connectivity index (χ4v) is 2.09. The van der Waals surface area contributed by atoms with Crippen LogP contribution in [0, 0.1) is 0 Å². The zero-order valence-electron chi connectivity index (χ0n) is 11.3. The monoisotopic (exact) mass is 294 g/mol. The van der Waals surface area contributed by atoms with E-state index in [1.165, 1.54) is 6.07 Å². The topological polar surface area (TPSA) is 26.3 Å². The maximum atomic E-state index is 12.4. The Labute approximate surface area is 120 Å². The van der Waals surface area contributed by atoms with Gasteiger partial charge in [0.05, 0.1) is 5.56 Å². The number of benzene rings is 2. The van der Waals surface area contributed by atoms with E-state index in [9.17, 15) is 18.0 Å². The van der Waals surface area contributed by atoms with Gasteiger partial charge in [-0.3, -0.25) is 4.79 Å². The zero-order valence-corrected chi connectivity index (χ0v) is 11.3. The number of hydrogen-bond acceptors (Lipinski definition) is 2. The zero-order chi connectivity index (χ0) is 15.5. The lowest BCUT2D eigenvalue weighted by molar-refractivity contribution is -0.274. The first-order chi connectivity index (χ1) is 9.94. The Kier molecular flexibility index (Phi) is 4.31. The number of halogens is 3. The molecule has 0 radical (unpaired) electrons. The van der Waals surface area contributed by atoms with Crippen molar-refractivity contribution in [3.63, 3.8) is 0 Å². The van der Waals surface area contributed by atoms with Crippen molar-refractivity contribution in [2.75, 3.05) is 0 Å². The molecule has 0 atom stereocenters. The summed E-state index contributed by atoms with van der Waals surface area (Å²) < 4.78 is 41.0. The van der Waals surface area contributed by atoms with Crippen molar-refractivity contribution >= 4 is 6.29 Å². The number of aryl methyl sites for hydroxylation is 1. The minimum absolute atomic E-state index is 0.108. The van der Waals surface area contributed by atoms with Gasteiger partial charge in [0.15, 0.2) is 6.29 Å². The Bertz CT molecular complexity index is 648. The summed E-state index contributed by atoms with van der Waals surface area (Å²) in [6.07, 6.45) is -3.65. The van der Waals surface area contributed by atoms with Gasteiger partial charge in [-0.1, -0.05) is 43.3 Å². The molecule has 0 saturated heterocycles. The number of carbonyl (C=O) groups excluding carboxylic acids is 1. The smallest absolute Gasteiger partial charge is 0.405 e. The van der Waals surface area contributed by atoms with E-state index in [-0.39, 0.29) is 5.56 Å². The Hall–Kier alpha value is -2.30. The third-order valence-electron chi connectivity index (χ3n) is 3.06. The first-order valence-corrected chi connectivity index (χ1v) is 6.38. The molecule has 0 aliphatic carbocycles. The van der Waals surface area contributed by atoms with E-state index in [1.807, 2.05) is 19.1 Å².